The summed E-state index contributed by atoms with van der Waals surface area (Å²) in [5.74, 6) is -0.572. The molecule has 1 N–H and O–H groups in total. The van der Waals surface area contributed by atoms with Crippen molar-refractivity contribution in [1.29, 1.82) is 0 Å². The molecule has 0 spiro atoms. The summed E-state index contributed by atoms with van der Waals surface area (Å²) in [7, 11) is 0. The van der Waals surface area contributed by atoms with Gasteiger partial charge in [0, 0.05) is 4.47 Å². The average molecular weight is 813 g/mol. The normalized spacial score (nSPS) is 21.1. The molecule has 20 heteroatoms. The van der Waals surface area contributed by atoms with Gasteiger partial charge in [0.2, 0.25) is 0 Å². The van der Waals surface area contributed by atoms with Crippen LogP contribution >= 0.6 is 15.9 Å². The van der Waals surface area contributed by atoms with Gasteiger partial charge in [-0.1, -0.05) is 15.9 Å². The lowest BCUT2D eigenvalue weighted by atomic mass is 9.97. The van der Waals surface area contributed by atoms with Crippen LogP contribution in [0.15, 0.2) is 59.1 Å². The molecule has 3 aromatic carbocycles. The first kappa shape index (κ1) is 39.6. The third kappa shape index (κ3) is 9.36. The van der Waals surface area contributed by atoms with Gasteiger partial charge in [0.25, 0.3) is 0 Å². The van der Waals surface area contributed by atoms with Gasteiger partial charge in [0.05, 0.1) is 40.9 Å². The molecule has 278 valence electrons. The SMILES string of the molecule is C[C@@H]1NC(=O)O[C@@H]1c1cc(C(F)(F)F)cc(C(F)(F)F)c1.C[C@H]1[C@@H](c2cc(C(F)(F)F)cc(C(F)(F)F)c2)OC(=O)N1Cc1cc(F)ccc1Br. The van der Waals surface area contributed by atoms with E-state index in [4.69, 9.17) is 9.47 Å². The Balaban J connectivity index is 0.000000244. The van der Waals surface area contributed by atoms with E-state index in [2.05, 4.69) is 21.2 Å². The van der Waals surface area contributed by atoms with Crippen molar-refractivity contribution >= 4 is 28.1 Å². The number of cyclic esters (lactones) is 2. The highest BCUT2D eigenvalue weighted by atomic mass is 79.9. The predicted molar refractivity (Wildman–Crippen MR) is 153 cm³/mol. The van der Waals surface area contributed by atoms with Crippen LogP contribution in [0.3, 0.4) is 0 Å². The van der Waals surface area contributed by atoms with Crippen LogP contribution in [0.4, 0.5) is 66.7 Å². The Bertz CT molecular complexity index is 1730. The molecular formula is C31H22BrF13N2O4. The fourth-order valence-electron chi connectivity index (χ4n) is 5.16. The van der Waals surface area contributed by atoms with Crippen molar-refractivity contribution in [1.82, 2.24) is 10.2 Å². The number of nitrogens with zero attached hydrogens (tertiary/aromatic N) is 1. The van der Waals surface area contributed by atoms with Crippen molar-refractivity contribution in [3.8, 4) is 0 Å². The number of carbonyl (C=O) groups excluding carboxylic acids is 2. The summed E-state index contributed by atoms with van der Waals surface area (Å²) < 4.78 is 179. The fraction of sp³-hybridized carbons (Fsp3) is 0.355. The lowest BCUT2D eigenvalue weighted by Gasteiger charge is -2.22. The average Bonchev–Trinajstić information content (AvgIpc) is 3.49. The van der Waals surface area contributed by atoms with E-state index in [1.807, 2.05) is 0 Å². The van der Waals surface area contributed by atoms with Gasteiger partial charge in [-0.15, -0.1) is 0 Å². The number of halogens is 14. The number of hydrogen-bond acceptors (Lipinski definition) is 4. The zero-order valence-corrected chi connectivity index (χ0v) is 27.2. The molecule has 3 aromatic rings. The van der Waals surface area contributed by atoms with Crippen LogP contribution in [0.5, 0.6) is 0 Å². The number of nitrogens with one attached hydrogen (secondary N) is 1. The largest absolute Gasteiger partial charge is 0.439 e. The molecule has 2 aliphatic heterocycles. The standard InChI is InChI=1S/C19H13BrF7NO2.C12H9F6NO2/c1-9-16(10-4-12(18(22,23)24)7-13(5-10)19(25,26)27)30-17(29)28(9)8-11-6-14(21)2-3-15(11)20;1-5-9(21-10(20)19-5)6-2-7(11(13,14)15)4-8(3-6)12(16,17)18/h2-7,9,16H,8H2,1H3;2-5,9H,1H3,(H,19,20)/t9-,16-;5-,9-/m00/s1. The Morgan fingerprint density at radius 1 is 0.667 bits per heavy atom. The van der Waals surface area contributed by atoms with E-state index in [-0.39, 0.29) is 24.2 Å². The maximum absolute atomic E-state index is 13.5. The second-order valence-electron chi connectivity index (χ2n) is 11.3. The van der Waals surface area contributed by atoms with E-state index < -0.39 is 94.8 Å². The van der Waals surface area contributed by atoms with Gasteiger partial charge in [0.1, 0.15) is 18.0 Å². The lowest BCUT2D eigenvalue weighted by molar-refractivity contribution is -0.144. The number of carbonyl (C=O) groups is 2. The molecule has 2 aliphatic rings. The molecule has 5 rings (SSSR count). The Morgan fingerprint density at radius 2 is 1.10 bits per heavy atom. The maximum Gasteiger partial charge on any atom is 0.416 e. The van der Waals surface area contributed by atoms with E-state index in [0.29, 0.717) is 34.3 Å². The first-order valence-electron chi connectivity index (χ1n) is 14.2. The van der Waals surface area contributed by atoms with E-state index in [1.54, 1.807) is 0 Å². The monoisotopic (exact) mass is 812 g/mol. The third-order valence-corrected chi connectivity index (χ3v) is 8.42. The molecule has 0 aliphatic carbocycles. The van der Waals surface area contributed by atoms with Crippen molar-refractivity contribution in [2.75, 3.05) is 0 Å². The number of amides is 2. The number of ether oxygens (including phenoxy) is 2. The van der Waals surface area contributed by atoms with Crippen LogP contribution in [0.2, 0.25) is 0 Å². The van der Waals surface area contributed by atoms with Crippen LogP contribution in [-0.4, -0.2) is 29.2 Å². The molecule has 51 heavy (non-hydrogen) atoms. The fourth-order valence-corrected chi connectivity index (χ4v) is 5.54. The highest BCUT2D eigenvalue weighted by Crippen LogP contribution is 2.42. The van der Waals surface area contributed by atoms with Gasteiger partial charge >= 0.3 is 36.9 Å². The highest BCUT2D eigenvalue weighted by Gasteiger charge is 2.44. The van der Waals surface area contributed by atoms with E-state index in [9.17, 15) is 66.7 Å². The minimum atomic E-state index is -5.02. The molecule has 2 saturated heterocycles. The summed E-state index contributed by atoms with van der Waals surface area (Å²) >= 11 is 3.20. The Kier molecular flexibility index (Phi) is 10.9. The topological polar surface area (TPSA) is 67.9 Å². The molecule has 2 fully saturated rings. The van der Waals surface area contributed by atoms with Crippen molar-refractivity contribution in [3.05, 3.63) is 104 Å². The van der Waals surface area contributed by atoms with Crippen LogP contribution in [0.25, 0.3) is 0 Å². The molecule has 0 saturated carbocycles. The van der Waals surface area contributed by atoms with E-state index in [0.717, 1.165) is 11.0 Å². The number of hydrogen-bond donors (Lipinski definition) is 1. The molecular weight excluding hydrogens is 791 g/mol. The van der Waals surface area contributed by atoms with Crippen LogP contribution in [-0.2, 0) is 40.7 Å². The molecule has 6 nitrogen and oxygen atoms in total. The Labute approximate surface area is 287 Å². The second-order valence-corrected chi connectivity index (χ2v) is 12.2. The number of alkyl carbamates (subject to hydrolysis) is 1. The first-order valence-corrected chi connectivity index (χ1v) is 15.0. The maximum atomic E-state index is 13.5. The molecule has 0 unspecified atom stereocenters. The number of rotatable bonds is 4. The summed E-state index contributed by atoms with van der Waals surface area (Å²) in [5, 5.41) is 2.26. The Morgan fingerprint density at radius 3 is 1.49 bits per heavy atom. The highest BCUT2D eigenvalue weighted by molar-refractivity contribution is 9.10. The number of benzene rings is 3. The molecule has 0 radical (unpaired) electrons. The van der Waals surface area contributed by atoms with Gasteiger partial charge < -0.3 is 14.8 Å². The van der Waals surface area contributed by atoms with Crippen LogP contribution in [0.1, 0.15) is 65.0 Å². The quantitative estimate of drug-likeness (QED) is 0.267. The van der Waals surface area contributed by atoms with Gasteiger partial charge in [-0.2, -0.15) is 52.7 Å². The van der Waals surface area contributed by atoms with Gasteiger partial charge in [0.15, 0.2) is 0 Å². The summed E-state index contributed by atoms with van der Waals surface area (Å²) in [6, 6.07) is 4.32. The minimum absolute atomic E-state index is 0.00651. The molecule has 4 atom stereocenters. The molecule has 2 heterocycles. The zero-order chi connectivity index (χ0) is 38.4. The van der Waals surface area contributed by atoms with E-state index >= 15 is 0 Å². The van der Waals surface area contributed by atoms with Crippen molar-refractivity contribution in [2.24, 2.45) is 0 Å². The summed E-state index contributed by atoms with van der Waals surface area (Å²) in [4.78, 5) is 24.4. The Hall–Kier alpha value is -4.23. The number of alkyl halides is 12. The third-order valence-electron chi connectivity index (χ3n) is 7.65. The second kappa shape index (κ2) is 14.1. The molecule has 0 bridgehead atoms. The lowest BCUT2D eigenvalue weighted by Crippen LogP contribution is -2.31. The van der Waals surface area contributed by atoms with Gasteiger partial charge in [-0.25, -0.2) is 14.0 Å². The first-order chi connectivity index (χ1) is 23.3. The molecule has 0 aromatic heterocycles. The summed E-state index contributed by atoms with van der Waals surface area (Å²) in [5.41, 5.74) is -6.31. The van der Waals surface area contributed by atoms with Gasteiger partial charge in [-0.05, 0) is 85.1 Å². The molecule has 2 amide bonds. The predicted octanol–water partition coefficient (Wildman–Crippen LogP) is 10.6. The smallest absolute Gasteiger partial charge is 0.416 e. The van der Waals surface area contributed by atoms with Crippen molar-refractivity contribution < 1.29 is 76.1 Å². The van der Waals surface area contributed by atoms with Crippen molar-refractivity contribution in [3.63, 3.8) is 0 Å². The van der Waals surface area contributed by atoms with Gasteiger partial charge in [-0.3, -0.25) is 4.90 Å². The van der Waals surface area contributed by atoms with Crippen LogP contribution in [0, 0.1) is 5.82 Å². The minimum Gasteiger partial charge on any atom is -0.439 e. The summed E-state index contributed by atoms with van der Waals surface area (Å²) in [6.45, 7) is 2.69. The van der Waals surface area contributed by atoms with E-state index in [1.165, 1.54) is 26.0 Å². The van der Waals surface area contributed by atoms with Crippen molar-refractivity contribution in [2.45, 2.75) is 69.4 Å². The zero-order valence-electron chi connectivity index (χ0n) is 25.6. The summed E-state index contributed by atoms with van der Waals surface area (Å²) in [6.07, 6.45) is -24.3. The van der Waals surface area contributed by atoms with Crippen LogP contribution < -0.4 is 5.32 Å².